The second-order valence-electron chi connectivity index (χ2n) is 3.57. The van der Waals surface area contributed by atoms with Crippen molar-refractivity contribution in [3.05, 3.63) is 29.8 Å². The van der Waals surface area contributed by atoms with Crippen molar-refractivity contribution < 1.29 is 0 Å². The number of nitrogens with two attached hydrogens (primary N) is 1. The third-order valence-electron chi connectivity index (χ3n) is 2.62. The zero-order valence-corrected chi connectivity index (χ0v) is 7.87. The Bertz CT molecular complexity index is 277. The van der Waals surface area contributed by atoms with E-state index in [1.54, 1.807) is 0 Å². The van der Waals surface area contributed by atoms with Crippen LogP contribution >= 0.6 is 0 Å². The van der Waals surface area contributed by atoms with E-state index in [9.17, 15) is 0 Å². The Labute approximate surface area is 79.4 Å². The van der Waals surface area contributed by atoms with Gasteiger partial charge in [0.1, 0.15) is 0 Å². The fourth-order valence-electron chi connectivity index (χ4n) is 1.86. The Morgan fingerprint density at radius 3 is 2.69 bits per heavy atom. The molecular weight excluding hydrogens is 160 g/mol. The Hall–Kier alpha value is -1.02. The average Bonchev–Trinajstić information content (AvgIpc) is 2.71. The third kappa shape index (κ3) is 1.83. The summed E-state index contributed by atoms with van der Waals surface area (Å²) in [6.45, 7) is 3.05. The highest BCUT2D eigenvalue weighted by atomic mass is 15.1. The summed E-state index contributed by atoms with van der Waals surface area (Å²) in [6.07, 6.45) is 2.65. The highest BCUT2D eigenvalue weighted by Crippen LogP contribution is 2.20. The molecule has 1 aliphatic rings. The molecule has 13 heavy (non-hydrogen) atoms. The second-order valence-corrected chi connectivity index (χ2v) is 3.57. The molecule has 0 amide bonds. The van der Waals surface area contributed by atoms with E-state index in [0.29, 0.717) is 6.54 Å². The van der Waals surface area contributed by atoms with E-state index in [-0.39, 0.29) is 0 Å². The van der Waals surface area contributed by atoms with Crippen molar-refractivity contribution in [1.82, 2.24) is 0 Å². The molecule has 1 saturated heterocycles. The van der Waals surface area contributed by atoms with E-state index in [0.717, 1.165) is 0 Å². The van der Waals surface area contributed by atoms with E-state index in [1.165, 1.54) is 37.2 Å². The van der Waals surface area contributed by atoms with E-state index >= 15 is 0 Å². The molecule has 0 bridgehead atoms. The summed E-state index contributed by atoms with van der Waals surface area (Å²) < 4.78 is 0. The van der Waals surface area contributed by atoms with Crippen LogP contribution in [0.2, 0.25) is 0 Å². The van der Waals surface area contributed by atoms with Crippen molar-refractivity contribution >= 4 is 5.69 Å². The Kier molecular flexibility index (Phi) is 2.50. The molecule has 1 aromatic carbocycles. The summed E-state index contributed by atoms with van der Waals surface area (Å²) >= 11 is 0. The molecule has 1 aliphatic heterocycles. The van der Waals surface area contributed by atoms with Gasteiger partial charge in [0.2, 0.25) is 0 Å². The second kappa shape index (κ2) is 3.79. The van der Waals surface area contributed by atoms with Gasteiger partial charge in [-0.15, -0.1) is 0 Å². The van der Waals surface area contributed by atoms with Gasteiger partial charge in [0.05, 0.1) is 0 Å². The zero-order valence-electron chi connectivity index (χ0n) is 7.87. The first kappa shape index (κ1) is 8.57. The molecule has 2 N–H and O–H groups in total. The van der Waals surface area contributed by atoms with Gasteiger partial charge in [0.25, 0.3) is 0 Å². The monoisotopic (exact) mass is 176 g/mol. The van der Waals surface area contributed by atoms with E-state index < -0.39 is 0 Å². The van der Waals surface area contributed by atoms with Gasteiger partial charge in [-0.3, -0.25) is 0 Å². The maximum atomic E-state index is 5.60. The molecule has 2 nitrogen and oxygen atoms in total. The largest absolute Gasteiger partial charge is 0.372 e. The van der Waals surface area contributed by atoms with Crippen molar-refractivity contribution in [2.45, 2.75) is 19.4 Å². The first-order chi connectivity index (χ1) is 6.40. The van der Waals surface area contributed by atoms with Crippen LogP contribution in [0, 0.1) is 0 Å². The fourth-order valence-corrected chi connectivity index (χ4v) is 1.86. The molecule has 1 fully saturated rings. The van der Waals surface area contributed by atoms with E-state index in [1.807, 2.05) is 0 Å². The Morgan fingerprint density at radius 2 is 2.00 bits per heavy atom. The molecule has 2 heteroatoms. The van der Waals surface area contributed by atoms with Gasteiger partial charge in [-0.25, -0.2) is 0 Å². The Balaban J connectivity index is 2.18. The van der Waals surface area contributed by atoms with E-state index in [2.05, 4.69) is 29.2 Å². The lowest BCUT2D eigenvalue weighted by Crippen LogP contribution is -2.17. The number of nitrogens with zero attached hydrogens (tertiary/aromatic N) is 1. The summed E-state index contributed by atoms with van der Waals surface area (Å²) in [7, 11) is 0. The quantitative estimate of drug-likeness (QED) is 0.743. The molecule has 0 aromatic heterocycles. The molecule has 0 aliphatic carbocycles. The van der Waals surface area contributed by atoms with Crippen LogP contribution in [0.1, 0.15) is 18.4 Å². The first-order valence-corrected chi connectivity index (χ1v) is 4.94. The van der Waals surface area contributed by atoms with Gasteiger partial charge < -0.3 is 10.6 Å². The summed E-state index contributed by atoms with van der Waals surface area (Å²) in [5.41, 5.74) is 8.16. The number of rotatable bonds is 2. The van der Waals surface area contributed by atoms with Gasteiger partial charge in [0.15, 0.2) is 0 Å². The number of hydrogen-bond acceptors (Lipinski definition) is 2. The molecule has 0 spiro atoms. The summed E-state index contributed by atoms with van der Waals surface area (Å²) in [4.78, 5) is 2.43. The lowest BCUT2D eigenvalue weighted by atomic mass is 10.2. The molecule has 2 rings (SSSR count). The Morgan fingerprint density at radius 1 is 1.23 bits per heavy atom. The van der Waals surface area contributed by atoms with Crippen molar-refractivity contribution in [2.75, 3.05) is 18.0 Å². The average molecular weight is 176 g/mol. The van der Waals surface area contributed by atoms with Gasteiger partial charge in [0, 0.05) is 25.3 Å². The van der Waals surface area contributed by atoms with Crippen LogP contribution in [0.3, 0.4) is 0 Å². The van der Waals surface area contributed by atoms with Crippen molar-refractivity contribution in [2.24, 2.45) is 5.73 Å². The highest BCUT2D eigenvalue weighted by molar-refractivity contribution is 5.49. The molecule has 0 radical (unpaired) electrons. The molecule has 70 valence electrons. The lowest BCUT2D eigenvalue weighted by molar-refractivity contribution is 0.949. The highest BCUT2D eigenvalue weighted by Gasteiger charge is 2.11. The van der Waals surface area contributed by atoms with Crippen LogP contribution in [0.5, 0.6) is 0 Å². The van der Waals surface area contributed by atoms with Gasteiger partial charge >= 0.3 is 0 Å². The maximum absolute atomic E-state index is 5.60. The van der Waals surface area contributed by atoms with Crippen LogP contribution in [0.15, 0.2) is 24.3 Å². The molecular formula is C11H16N2. The van der Waals surface area contributed by atoms with Crippen LogP contribution in [-0.4, -0.2) is 13.1 Å². The third-order valence-corrected chi connectivity index (χ3v) is 2.62. The van der Waals surface area contributed by atoms with Crippen LogP contribution in [0.25, 0.3) is 0 Å². The molecule has 0 atom stereocenters. The smallest absolute Gasteiger partial charge is 0.0369 e. The summed E-state index contributed by atoms with van der Waals surface area (Å²) in [5, 5.41) is 0. The van der Waals surface area contributed by atoms with Crippen LogP contribution in [0.4, 0.5) is 5.69 Å². The molecule has 0 unspecified atom stereocenters. The van der Waals surface area contributed by atoms with Gasteiger partial charge in [-0.1, -0.05) is 12.1 Å². The topological polar surface area (TPSA) is 29.3 Å². The van der Waals surface area contributed by atoms with Gasteiger partial charge in [-0.2, -0.15) is 0 Å². The molecule has 1 heterocycles. The number of benzene rings is 1. The lowest BCUT2D eigenvalue weighted by Gasteiger charge is -2.17. The number of hydrogen-bond donors (Lipinski definition) is 1. The SMILES string of the molecule is NCc1cccc(N2CCCC2)c1. The minimum absolute atomic E-state index is 0.641. The zero-order chi connectivity index (χ0) is 9.10. The minimum atomic E-state index is 0.641. The first-order valence-electron chi connectivity index (χ1n) is 4.94. The van der Waals surface area contributed by atoms with Crippen molar-refractivity contribution in [1.29, 1.82) is 0 Å². The molecule has 0 saturated carbocycles. The van der Waals surface area contributed by atoms with Crippen molar-refractivity contribution in [3.63, 3.8) is 0 Å². The number of anilines is 1. The summed E-state index contributed by atoms with van der Waals surface area (Å²) in [6, 6.07) is 8.55. The maximum Gasteiger partial charge on any atom is 0.0369 e. The predicted octanol–water partition coefficient (Wildman–Crippen LogP) is 1.75. The fraction of sp³-hybridized carbons (Fsp3) is 0.455. The standard InChI is InChI=1S/C11H16N2/c12-9-10-4-3-5-11(8-10)13-6-1-2-7-13/h3-5,8H,1-2,6-7,9,12H2. The van der Waals surface area contributed by atoms with Gasteiger partial charge in [-0.05, 0) is 30.5 Å². The summed E-state index contributed by atoms with van der Waals surface area (Å²) in [5.74, 6) is 0. The van der Waals surface area contributed by atoms with Crippen LogP contribution in [-0.2, 0) is 6.54 Å². The van der Waals surface area contributed by atoms with Crippen LogP contribution < -0.4 is 10.6 Å². The minimum Gasteiger partial charge on any atom is -0.372 e. The predicted molar refractivity (Wildman–Crippen MR) is 55.8 cm³/mol. The molecule has 1 aromatic rings. The van der Waals surface area contributed by atoms with E-state index in [4.69, 9.17) is 5.73 Å². The normalized spacial score (nSPS) is 16.5. The van der Waals surface area contributed by atoms with Crippen molar-refractivity contribution in [3.8, 4) is 0 Å².